The minimum Gasteiger partial charge on any atom is -0.486 e. The van der Waals surface area contributed by atoms with Gasteiger partial charge in [-0.2, -0.15) is 4.39 Å². The van der Waals surface area contributed by atoms with E-state index in [9.17, 15) is 4.39 Å². The van der Waals surface area contributed by atoms with Crippen LogP contribution in [0, 0.1) is 5.95 Å². The van der Waals surface area contributed by atoms with Crippen molar-refractivity contribution in [1.29, 1.82) is 0 Å². The molecule has 0 unspecified atom stereocenters. The second kappa shape index (κ2) is 4.39. The van der Waals surface area contributed by atoms with Crippen LogP contribution in [0.15, 0.2) is 12.3 Å². The zero-order valence-electron chi connectivity index (χ0n) is 7.94. The number of hydrogen-bond donors (Lipinski definition) is 2. The first-order valence-electron chi connectivity index (χ1n) is 4.19. The smallest absolute Gasteiger partial charge is 0.486 e. The normalized spacial score (nSPS) is 10.4. The number of hydrogen-bond acceptors (Lipinski definition) is 4. The highest BCUT2D eigenvalue weighted by atomic mass is 19.1. The van der Waals surface area contributed by atoms with Crippen molar-refractivity contribution in [2.45, 2.75) is 20.0 Å². The molecule has 0 saturated heterocycles. The molecule has 4 nitrogen and oxygen atoms in total. The van der Waals surface area contributed by atoms with Crippen LogP contribution in [-0.4, -0.2) is 28.3 Å². The molecule has 6 heteroatoms. The van der Waals surface area contributed by atoms with Crippen molar-refractivity contribution in [3.05, 3.63) is 18.2 Å². The van der Waals surface area contributed by atoms with Gasteiger partial charge >= 0.3 is 7.12 Å². The molecule has 0 fully saturated rings. The molecule has 1 aromatic rings. The quantitative estimate of drug-likeness (QED) is 0.517. The van der Waals surface area contributed by atoms with Crippen molar-refractivity contribution in [1.82, 2.24) is 4.98 Å². The molecule has 1 aromatic heterocycles. The summed E-state index contributed by atoms with van der Waals surface area (Å²) >= 11 is 0. The van der Waals surface area contributed by atoms with E-state index in [2.05, 4.69) is 4.98 Å². The number of rotatable bonds is 3. The fourth-order valence-corrected chi connectivity index (χ4v) is 0.921. The third-order valence-electron chi connectivity index (χ3n) is 1.49. The molecule has 0 aliphatic carbocycles. The van der Waals surface area contributed by atoms with E-state index >= 15 is 0 Å². The van der Waals surface area contributed by atoms with Crippen LogP contribution in [0.3, 0.4) is 0 Å². The first kappa shape index (κ1) is 10.9. The Morgan fingerprint density at radius 2 is 2.14 bits per heavy atom. The van der Waals surface area contributed by atoms with Gasteiger partial charge in [-0.25, -0.2) is 4.98 Å². The van der Waals surface area contributed by atoms with Gasteiger partial charge < -0.3 is 14.8 Å². The summed E-state index contributed by atoms with van der Waals surface area (Å²) in [6, 6.07) is 1.22. The van der Waals surface area contributed by atoms with Gasteiger partial charge in [0.25, 0.3) is 5.95 Å². The number of pyridine rings is 1. The molecule has 76 valence electrons. The third-order valence-corrected chi connectivity index (χ3v) is 1.49. The van der Waals surface area contributed by atoms with Gasteiger partial charge in [-0.05, 0) is 19.9 Å². The SMILES string of the molecule is CC(C)Oc1cc(B(O)O)cnc1F. The molecule has 0 aromatic carbocycles. The summed E-state index contributed by atoms with van der Waals surface area (Å²) in [5.74, 6) is -0.839. The zero-order valence-corrected chi connectivity index (χ0v) is 7.94. The Labute approximate surface area is 81.5 Å². The Bertz CT molecular complexity index is 319. The van der Waals surface area contributed by atoms with E-state index in [0.717, 1.165) is 6.20 Å². The maximum atomic E-state index is 13.0. The lowest BCUT2D eigenvalue weighted by Gasteiger charge is -2.10. The van der Waals surface area contributed by atoms with Crippen molar-refractivity contribution in [2.75, 3.05) is 0 Å². The van der Waals surface area contributed by atoms with Gasteiger partial charge in [0, 0.05) is 11.7 Å². The fourth-order valence-electron chi connectivity index (χ4n) is 0.921. The zero-order chi connectivity index (χ0) is 10.7. The van der Waals surface area contributed by atoms with E-state index in [1.165, 1.54) is 6.07 Å². The summed E-state index contributed by atoms with van der Waals surface area (Å²) < 4.78 is 18.1. The monoisotopic (exact) mass is 199 g/mol. The summed E-state index contributed by atoms with van der Waals surface area (Å²) in [5, 5.41) is 17.6. The van der Waals surface area contributed by atoms with Crippen LogP contribution in [0.2, 0.25) is 0 Å². The second-order valence-electron chi connectivity index (χ2n) is 3.10. The molecule has 0 aliphatic rings. The van der Waals surface area contributed by atoms with E-state index in [4.69, 9.17) is 14.8 Å². The Kier molecular flexibility index (Phi) is 3.43. The number of nitrogens with zero attached hydrogens (tertiary/aromatic N) is 1. The molecule has 1 heterocycles. The average Bonchev–Trinajstić information content (AvgIpc) is 2.07. The third kappa shape index (κ3) is 2.68. The lowest BCUT2D eigenvalue weighted by atomic mass is 9.82. The maximum Gasteiger partial charge on any atom is 0.490 e. The first-order chi connectivity index (χ1) is 6.50. The van der Waals surface area contributed by atoms with E-state index < -0.39 is 13.1 Å². The molecule has 0 amide bonds. The van der Waals surface area contributed by atoms with Crippen LogP contribution in [-0.2, 0) is 0 Å². The van der Waals surface area contributed by atoms with Crippen molar-refractivity contribution in [3.8, 4) is 5.75 Å². The Balaban J connectivity index is 2.96. The van der Waals surface area contributed by atoms with E-state index in [1.54, 1.807) is 13.8 Å². The van der Waals surface area contributed by atoms with Crippen LogP contribution < -0.4 is 10.2 Å². The Morgan fingerprint density at radius 3 is 2.64 bits per heavy atom. The molecular weight excluding hydrogens is 188 g/mol. The van der Waals surface area contributed by atoms with Crippen LogP contribution in [0.25, 0.3) is 0 Å². The molecule has 0 radical (unpaired) electrons. The second-order valence-corrected chi connectivity index (χ2v) is 3.10. The predicted molar refractivity (Wildman–Crippen MR) is 49.8 cm³/mol. The van der Waals surface area contributed by atoms with Gasteiger partial charge in [-0.3, -0.25) is 0 Å². The Morgan fingerprint density at radius 1 is 1.50 bits per heavy atom. The lowest BCUT2D eigenvalue weighted by Crippen LogP contribution is -2.30. The van der Waals surface area contributed by atoms with Crippen molar-refractivity contribution in [2.24, 2.45) is 0 Å². The van der Waals surface area contributed by atoms with Gasteiger partial charge in [0.1, 0.15) is 0 Å². The van der Waals surface area contributed by atoms with Crippen molar-refractivity contribution in [3.63, 3.8) is 0 Å². The number of aromatic nitrogens is 1. The van der Waals surface area contributed by atoms with Crippen LogP contribution >= 0.6 is 0 Å². The molecule has 1 rings (SSSR count). The molecule has 14 heavy (non-hydrogen) atoms. The summed E-state index contributed by atoms with van der Waals surface area (Å²) in [6.45, 7) is 3.48. The van der Waals surface area contributed by atoms with Gasteiger partial charge in [0.15, 0.2) is 5.75 Å². The Hall–Kier alpha value is -1.14. The van der Waals surface area contributed by atoms with E-state index in [0.29, 0.717) is 0 Å². The van der Waals surface area contributed by atoms with Gasteiger partial charge in [-0.15, -0.1) is 0 Å². The molecular formula is C8H11BFNO3. The van der Waals surface area contributed by atoms with Gasteiger partial charge in [0.05, 0.1) is 6.10 Å². The van der Waals surface area contributed by atoms with Crippen LogP contribution in [0.1, 0.15) is 13.8 Å². The van der Waals surface area contributed by atoms with Crippen LogP contribution in [0.4, 0.5) is 4.39 Å². The van der Waals surface area contributed by atoms with Crippen LogP contribution in [0.5, 0.6) is 5.75 Å². The number of halogens is 1. The van der Waals surface area contributed by atoms with Crippen molar-refractivity contribution < 1.29 is 19.2 Å². The molecule has 0 bridgehead atoms. The standard InChI is InChI=1S/C8H11BFNO3/c1-5(2)14-7-3-6(9(12)13)4-11-8(7)10/h3-5,12-13H,1-2H3. The predicted octanol–water partition coefficient (Wildman–Crippen LogP) is -0.312. The van der Waals surface area contributed by atoms with E-state index in [-0.39, 0.29) is 17.3 Å². The highest BCUT2D eigenvalue weighted by Gasteiger charge is 2.15. The topological polar surface area (TPSA) is 62.6 Å². The summed E-state index contributed by atoms with van der Waals surface area (Å²) in [5.41, 5.74) is 0.0991. The number of ether oxygens (including phenoxy) is 1. The molecule has 0 spiro atoms. The lowest BCUT2D eigenvalue weighted by molar-refractivity contribution is 0.228. The molecule has 0 aliphatic heterocycles. The highest BCUT2D eigenvalue weighted by Crippen LogP contribution is 2.13. The van der Waals surface area contributed by atoms with Gasteiger partial charge in [-0.1, -0.05) is 0 Å². The summed E-state index contributed by atoms with van der Waals surface area (Å²) in [6.07, 6.45) is 0.852. The summed E-state index contributed by atoms with van der Waals surface area (Å²) in [4.78, 5) is 3.34. The minimum atomic E-state index is -1.67. The average molecular weight is 199 g/mol. The molecule has 0 saturated carbocycles. The fraction of sp³-hybridized carbons (Fsp3) is 0.375. The summed E-state index contributed by atoms with van der Waals surface area (Å²) in [7, 11) is -1.67. The highest BCUT2D eigenvalue weighted by molar-refractivity contribution is 6.58. The van der Waals surface area contributed by atoms with Crippen molar-refractivity contribution >= 4 is 12.6 Å². The molecule has 0 atom stereocenters. The minimum absolute atomic E-state index is 0.0781. The first-order valence-corrected chi connectivity index (χ1v) is 4.19. The largest absolute Gasteiger partial charge is 0.490 e. The van der Waals surface area contributed by atoms with E-state index in [1.807, 2.05) is 0 Å². The molecule has 2 N–H and O–H groups in total. The maximum absolute atomic E-state index is 13.0. The van der Waals surface area contributed by atoms with Gasteiger partial charge in [0.2, 0.25) is 0 Å².